The number of rotatable bonds is 2. The van der Waals surface area contributed by atoms with E-state index < -0.39 is 0 Å². The fourth-order valence-electron chi connectivity index (χ4n) is 5.26. The van der Waals surface area contributed by atoms with Crippen molar-refractivity contribution in [2.75, 3.05) is 13.1 Å². The average Bonchev–Trinajstić information content (AvgIpc) is 3.02. The molecule has 0 spiro atoms. The lowest BCUT2D eigenvalue weighted by atomic mass is 9.79. The third-order valence-electron chi connectivity index (χ3n) is 6.28. The highest BCUT2D eigenvalue weighted by Crippen LogP contribution is 2.53. The maximum Gasteiger partial charge on any atom is 0.0366 e. The summed E-state index contributed by atoms with van der Waals surface area (Å²) < 4.78 is 0. The molecule has 2 nitrogen and oxygen atoms in total. The molecule has 1 aromatic rings. The van der Waals surface area contributed by atoms with Crippen LogP contribution in [0.25, 0.3) is 0 Å². The molecule has 2 aliphatic carbocycles. The number of nitrogens with zero attached hydrogens (tertiary/aromatic N) is 1. The summed E-state index contributed by atoms with van der Waals surface area (Å²) in [5.41, 5.74) is 9.74. The third-order valence-corrected chi connectivity index (χ3v) is 6.28. The van der Waals surface area contributed by atoms with E-state index in [2.05, 4.69) is 29.2 Å². The Balaban J connectivity index is 1.65. The minimum absolute atomic E-state index is 0.320. The van der Waals surface area contributed by atoms with Gasteiger partial charge in [0.2, 0.25) is 0 Å². The van der Waals surface area contributed by atoms with Gasteiger partial charge in [0.15, 0.2) is 0 Å². The zero-order valence-electron chi connectivity index (χ0n) is 12.4. The second kappa shape index (κ2) is 4.85. The molecule has 1 aliphatic heterocycles. The van der Waals surface area contributed by atoms with Gasteiger partial charge in [-0.05, 0) is 61.6 Å². The molecule has 3 atom stereocenters. The lowest BCUT2D eigenvalue weighted by molar-refractivity contribution is 0.0356. The molecule has 1 heterocycles. The fourth-order valence-corrected chi connectivity index (χ4v) is 5.26. The third kappa shape index (κ3) is 1.85. The molecule has 0 aromatic heterocycles. The van der Waals surface area contributed by atoms with Crippen LogP contribution < -0.4 is 5.73 Å². The van der Waals surface area contributed by atoms with E-state index in [9.17, 15) is 0 Å². The first kappa shape index (κ1) is 12.8. The molecule has 20 heavy (non-hydrogen) atoms. The molecular formula is C18H26N2. The standard InChI is InChI=1S/C18H26N2/c19-13-18(11-14-7-8-17(18)10-14)20-9-3-6-15-4-1-2-5-16(15)12-20/h1-2,4-5,14,17H,3,6-13,19H2. The van der Waals surface area contributed by atoms with E-state index >= 15 is 0 Å². The molecule has 2 saturated carbocycles. The van der Waals surface area contributed by atoms with E-state index in [-0.39, 0.29) is 0 Å². The van der Waals surface area contributed by atoms with E-state index in [0.717, 1.165) is 24.9 Å². The zero-order valence-corrected chi connectivity index (χ0v) is 12.4. The van der Waals surface area contributed by atoms with Gasteiger partial charge in [0, 0.05) is 18.6 Å². The first-order valence-corrected chi connectivity index (χ1v) is 8.34. The van der Waals surface area contributed by atoms with Crippen molar-refractivity contribution in [3.63, 3.8) is 0 Å². The van der Waals surface area contributed by atoms with Crippen molar-refractivity contribution in [2.24, 2.45) is 17.6 Å². The molecular weight excluding hydrogens is 244 g/mol. The van der Waals surface area contributed by atoms with Crippen LogP contribution in [0.15, 0.2) is 24.3 Å². The molecule has 2 N–H and O–H groups in total. The number of fused-ring (bicyclic) bond motifs is 3. The van der Waals surface area contributed by atoms with Crippen molar-refractivity contribution in [3.05, 3.63) is 35.4 Å². The Morgan fingerprint density at radius 1 is 1.20 bits per heavy atom. The number of hydrogen-bond donors (Lipinski definition) is 1. The van der Waals surface area contributed by atoms with Crippen molar-refractivity contribution < 1.29 is 0 Å². The Morgan fingerprint density at radius 3 is 2.75 bits per heavy atom. The largest absolute Gasteiger partial charge is 0.329 e. The lowest BCUT2D eigenvalue weighted by Gasteiger charge is -2.46. The summed E-state index contributed by atoms with van der Waals surface area (Å²) in [6.45, 7) is 3.21. The monoisotopic (exact) mass is 270 g/mol. The molecule has 2 bridgehead atoms. The maximum atomic E-state index is 6.32. The summed E-state index contributed by atoms with van der Waals surface area (Å²) in [6.07, 6.45) is 8.19. The Morgan fingerprint density at radius 2 is 2.05 bits per heavy atom. The summed E-state index contributed by atoms with van der Waals surface area (Å²) in [4.78, 5) is 2.77. The topological polar surface area (TPSA) is 29.3 Å². The van der Waals surface area contributed by atoms with Gasteiger partial charge in [0.1, 0.15) is 0 Å². The second-order valence-electron chi connectivity index (χ2n) is 7.18. The van der Waals surface area contributed by atoms with Crippen LogP contribution in [0, 0.1) is 11.8 Å². The molecule has 0 radical (unpaired) electrons. The van der Waals surface area contributed by atoms with Crippen LogP contribution in [-0.4, -0.2) is 23.5 Å². The smallest absolute Gasteiger partial charge is 0.0366 e. The van der Waals surface area contributed by atoms with Gasteiger partial charge in [-0.15, -0.1) is 0 Å². The van der Waals surface area contributed by atoms with Gasteiger partial charge in [0.05, 0.1) is 0 Å². The van der Waals surface area contributed by atoms with Crippen molar-refractivity contribution in [2.45, 2.75) is 50.6 Å². The van der Waals surface area contributed by atoms with Crippen LogP contribution in [0.3, 0.4) is 0 Å². The van der Waals surface area contributed by atoms with Gasteiger partial charge in [-0.1, -0.05) is 30.7 Å². The van der Waals surface area contributed by atoms with E-state index in [1.165, 1.54) is 45.1 Å². The van der Waals surface area contributed by atoms with Crippen LogP contribution in [0.4, 0.5) is 0 Å². The zero-order chi connectivity index (χ0) is 13.6. The Labute approximate surface area is 122 Å². The molecule has 1 aromatic carbocycles. The first-order valence-electron chi connectivity index (χ1n) is 8.34. The lowest BCUT2D eigenvalue weighted by Crippen LogP contribution is -2.56. The van der Waals surface area contributed by atoms with Crippen LogP contribution >= 0.6 is 0 Å². The number of hydrogen-bond acceptors (Lipinski definition) is 2. The predicted octanol–water partition coefficient (Wildman–Crippen LogP) is 2.95. The second-order valence-corrected chi connectivity index (χ2v) is 7.18. The van der Waals surface area contributed by atoms with Gasteiger partial charge in [-0.25, -0.2) is 0 Å². The van der Waals surface area contributed by atoms with Crippen molar-refractivity contribution in [1.29, 1.82) is 0 Å². The van der Waals surface area contributed by atoms with Crippen LogP contribution in [0.2, 0.25) is 0 Å². The summed E-state index contributed by atoms with van der Waals surface area (Å²) in [5.74, 6) is 1.82. The minimum Gasteiger partial charge on any atom is -0.329 e. The van der Waals surface area contributed by atoms with Crippen molar-refractivity contribution in [1.82, 2.24) is 4.90 Å². The molecule has 0 saturated heterocycles. The summed E-state index contributed by atoms with van der Waals surface area (Å²) >= 11 is 0. The summed E-state index contributed by atoms with van der Waals surface area (Å²) in [6, 6.07) is 9.02. The van der Waals surface area contributed by atoms with E-state index in [0.29, 0.717) is 5.54 Å². The van der Waals surface area contributed by atoms with Crippen LogP contribution in [0.1, 0.15) is 43.2 Å². The highest BCUT2D eigenvalue weighted by molar-refractivity contribution is 5.28. The molecule has 3 aliphatic rings. The molecule has 3 unspecified atom stereocenters. The van der Waals surface area contributed by atoms with Crippen LogP contribution in [-0.2, 0) is 13.0 Å². The molecule has 2 heteroatoms. The number of aryl methyl sites for hydroxylation is 1. The first-order chi connectivity index (χ1) is 9.82. The van der Waals surface area contributed by atoms with Crippen molar-refractivity contribution in [3.8, 4) is 0 Å². The Hall–Kier alpha value is -0.860. The van der Waals surface area contributed by atoms with Gasteiger partial charge in [0.25, 0.3) is 0 Å². The van der Waals surface area contributed by atoms with Gasteiger partial charge < -0.3 is 5.73 Å². The molecule has 108 valence electrons. The quantitative estimate of drug-likeness (QED) is 0.895. The molecule has 2 fully saturated rings. The van der Waals surface area contributed by atoms with E-state index in [1.807, 2.05) is 0 Å². The molecule has 0 amide bonds. The number of nitrogens with two attached hydrogens (primary N) is 1. The Kier molecular flexibility index (Phi) is 3.12. The highest BCUT2D eigenvalue weighted by atomic mass is 15.2. The summed E-state index contributed by atoms with van der Waals surface area (Å²) in [7, 11) is 0. The minimum atomic E-state index is 0.320. The van der Waals surface area contributed by atoms with Crippen molar-refractivity contribution >= 4 is 0 Å². The maximum absolute atomic E-state index is 6.32. The summed E-state index contributed by atoms with van der Waals surface area (Å²) in [5, 5.41) is 0. The Bertz CT molecular complexity index is 498. The fraction of sp³-hybridized carbons (Fsp3) is 0.667. The van der Waals surface area contributed by atoms with E-state index in [4.69, 9.17) is 5.73 Å². The van der Waals surface area contributed by atoms with Crippen LogP contribution in [0.5, 0.6) is 0 Å². The highest BCUT2D eigenvalue weighted by Gasteiger charge is 2.53. The predicted molar refractivity (Wildman–Crippen MR) is 82.4 cm³/mol. The van der Waals surface area contributed by atoms with Gasteiger partial charge >= 0.3 is 0 Å². The van der Waals surface area contributed by atoms with Gasteiger partial charge in [-0.3, -0.25) is 4.90 Å². The average molecular weight is 270 g/mol. The normalized spacial score (nSPS) is 36.9. The van der Waals surface area contributed by atoms with E-state index in [1.54, 1.807) is 11.1 Å². The molecule has 4 rings (SSSR count). The SMILES string of the molecule is NCC1(N2CCCc3ccccc3C2)CC2CCC1C2. The van der Waals surface area contributed by atoms with Gasteiger partial charge in [-0.2, -0.15) is 0 Å². The number of benzene rings is 1.